The van der Waals surface area contributed by atoms with Crippen LogP contribution in [0.25, 0.3) is 11.6 Å². The van der Waals surface area contributed by atoms with Gasteiger partial charge in [0.15, 0.2) is 11.6 Å². The summed E-state index contributed by atoms with van der Waals surface area (Å²) in [7, 11) is 1.65. The van der Waals surface area contributed by atoms with Crippen LogP contribution in [-0.2, 0) is 29.0 Å². The Balaban J connectivity index is 1.71. The Kier molecular flexibility index (Phi) is 4.55. The third kappa shape index (κ3) is 3.26. The van der Waals surface area contributed by atoms with Crippen LogP contribution >= 0.6 is 0 Å². The molecule has 0 saturated heterocycles. The number of fused-ring (bicyclic) bond motifs is 1. The standard InChI is InChI=1S/C19H20N6O2/c1-27-10-9-24-8-7-21-19(24)17-22-16(20)14-11-15(26)25(18(14)23-17)12-13-5-3-2-4-6-13/h2-8H,9-12H2,1H3,(H2,20,22,23). The summed E-state index contributed by atoms with van der Waals surface area (Å²) in [6.07, 6.45) is 3.74. The Morgan fingerprint density at radius 2 is 2.04 bits per heavy atom. The average molecular weight is 364 g/mol. The van der Waals surface area contributed by atoms with E-state index in [1.165, 1.54) is 0 Å². The zero-order valence-corrected chi connectivity index (χ0v) is 15.0. The van der Waals surface area contributed by atoms with Crippen LogP contribution in [0, 0.1) is 0 Å². The Morgan fingerprint density at radius 1 is 1.22 bits per heavy atom. The lowest BCUT2D eigenvalue weighted by atomic mass is 10.2. The number of hydrogen-bond donors (Lipinski definition) is 1. The molecule has 0 bridgehead atoms. The molecule has 1 aromatic carbocycles. The van der Waals surface area contributed by atoms with Crippen molar-refractivity contribution in [2.24, 2.45) is 0 Å². The monoisotopic (exact) mass is 364 g/mol. The fourth-order valence-electron chi connectivity index (χ4n) is 3.16. The number of ether oxygens (including phenoxy) is 1. The molecule has 27 heavy (non-hydrogen) atoms. The van der Waals surface area contributed by atoms with Gasteiger partial charge < -0.3 is 15.0 Å². The smallest absolute Gasteiger partial charge is 0.233 e. The van der Waals surface area contributed by atoms with Crippen LogP contribution in [0.1, 0.15) is 11.1 Å². The molecule has 0 atom stereocenters. The van der Waals surface area contributed by atoms with Gasteiger partial charge in [-0.3, -0.25) is 9.69 Å². The molecule has 1 aliphatic rings. The van der Waals surface area contributed by atoms with Crippen molar-refractivity contribution in [3.05, 3.63) is 53.9 Å². The lowest BCUT2D eigenvalue weighted by molar-refractivity contribution is -0.117. The van der Waals surface area contributed by atoms with E-state index in [4.69, 9.17) is 10.5 Å². The molecule has 0 fully saturated rings. The van der Waals surface area contributed by atoms with Crippen molar-refractivity contribution in [3.63, 3.8) is 0 Å². The third-order valence-corrected chi connectivity index (χ3v) is 4.54. The SMILES string of the molecule is COCCn1ccnc1-c1nc(N)c2c(n1)N(Cc1ccccc1)C(=O)C2. The Bertz CT molecular complexity index is 970. The highest BCUT2D eigenvalue weighted by Gasteiger charge is 2.32. The average Bonchev–Trinajstić information content (AvgIpc) is 3.26. The van der Waals surface area contributed by atoms with Crippen LogP contribution < -0.4 is 10.6 Å². The van der Waals surface area contributed by atoms with Gasteiger partial charge >= 0.3 is 0 Å². The van der Waals surface area contributed by atoms with Gasteiger partial charge in [-0.1, -0.05) is 30.3 Å². The highest BCUT2D eigenvalue weighted by atomic mass is 16.5. The molecule has 0 unspecified atom stereocenters. The van der Waals surface area contributed by atoms with E-state index in [-0.39, 0.29) is 12.3 Å². The maximum atomic E-state index is 12.6. The normalized spacial score (nSPS) is 13.2. The number of carbonyl (C=O) groups is 1. The maximum absolute atomic E-state index is 12.6. The second-order valence-electron chi connectivity index (χ2n) is 6.31. The molecule has 3 heterocycles. The molecule has 2 aromatic heterocycles. The molecule has 8 nitrogen and oxygen atoms in total. The largest absolute Gasteiger partial charge is 0.383 e. The third-order valence-electron chi connectivity index (χ3n) is 4.54. The number of amides is 1. The highest BCUT2D eigenvalue weighted by molar-refractivity contribution is 6.01. The van der Waals surface area contributed by atoms with Crippen molar-refractivity contribution < 1.29 is 9.53 Å². The Labute approximate surface area is 156 Å². The summed E-state index contributed by atoms with van der Waals surface area (Å²) in [6, 6.07) is 9.80. The van der Waals surface area contributed by atoms with Crippen LogP contribution in [-0.4, -0.2) is 39.1 Å². The van der Waals surface area contributed by atoms with Gasteiger partial charge in [-0.25, -0.2) is 15.0 Å². The number of hydrogen-bond acceptors (Lipinski definition) is 6. The van der Waals surface area contributed by atoms with Gasteiger partial charge in [-0.2, -0.15) is 0 Å². The number of benzene rings is 1. The predicted octanol–water partition coefficient (Wildman–Crippen LogP) is 1.66. The van der Waals surface area contributed by atoms with Gasteiger partial charge in [-0.15, -0.1) is 0 Å². The molecule has 0 aliphatic carbocycles. The second kappa shape index (κ2) is 7.16. The quantitative estimate of drug-likeness (QED) is 0.714. The van der Waals surface area contributed by atoms with E-state index in [2.05, 4.69) is 15.0 Å². The minimum Gasteiger partial charge on any atom is -0.383 e. The summed E-state index contributed by atoms with van der Waals surface area (Å²) >= 11 is 0. The summed E-state index contributed by atoms with van der Waals surface area (Å²) < 4.78 is 7.04. The molecular weight excluding hydrogens is 344 g/mol. The summed E-state index contributed by atoms with van der Waals surface area (Å²) in [5.41, 5.74) is 7.86. The van der Waals surface area contributed by atoms with Crippen molar-refractivity contribution in [1.29, 1.82) is 0 Å². The summed E-state index contributed by atoms with van der Waals surface area (Å²) in [5, 5.41) is 0. The first-order chi connectivity index (χ1) is 13.2. The Morgan fingerprint density at radius 3 is 2.81 bits per heavy atom. The van der Waals surface area contributed by atoms with E-state index in [0.717, 1.165) is 5.56 Å². The van der Waals surface area contributed by atoms with E-state index >= 15 is 0 Å². The lowest BCUT2D eigenvalue weighted by Crippen LogP contribution is -2.26. The number of nitrogens with two attached hydrogens (primary N) is 1. The number of methoxy groups -OCH3 is 1. The molecular formula is C19H20N6O2. The van der Waals surface area contributed by atoms with Crippen LogP contribution in [0.15, 0.2) is 42.7 Å². The molecule has 1 amide bonds. The van der Waals surface area contributed by atoms with E-state index < -0.39 is 0 Å². The topological polar surface area (TPSA) is 99.2 Å². The first-order valence-electron chi connectivity index (χ1n) is 8.68. The molecule has 0 saturated carbocycles. The van der Waals surface area contributed by atoms with Crippen molar-refractivity contribution in [2.75, 3.05) is 24.4 Å². The number of nitrogen functional groups attached to an aromatic ring is 1. The number of anilines is 2. The second-order valence-corrected chi connectivity index (χ2v) is 6.31. The van der Waals surface area contributed by atoms with E-state index in [9.17, 15) is 4.79 Å². The van der Waals surface area contributed by atoms with Gasteiger partial charge in [0.05, 0.1) is 19.6 Å². The zero-order valence-electron chi connectivity index (χ0n) is 15.0. The first kappa shape index (κ1) is 17.2. The van der Waals surface area contributed by atoms with Gasteiger partial charge in [-0.05, 0) is 5.56 Å². The molecule has 2 N–H and O–H groups in total. The van der Waals surface area contributed by atoms with Crippen LogP contribution in [0.5, 0.6) is 0 Å². The van der Waals surface area contributed by atoms with Crippen molar-refractivity contribution >= 4 is 17.5 Å². The highest BCUT2D eigenvalue weighted by Crippen LogP contribution is 2.33. The molecule has 4 rings (SSSR count). The molecule has 0 spiro atoms. The van der Waals surface area contributed by atoms with Crippen LogP contribution in [0.2, 0.25) is 0 Å². The predicted molar refractivity (Wildman–Crippen MR) is 101 cm³/mol. The number of imidazole rings is 1. The van der Waals surface area contributed by atoms with Gasteiger partial charge in [0.2, 0.25) is 5.91 Å². The van der Waals surface area contributed by atoms with E-state index in [1.54, 1.807) is 18.2 Å². The Hall–Kier alpha value is -3.26. The molecule has 0 radical (unpaired) electrons. The van der Waals surface area contributed by atoms with Crippen LogP contribution in [0.4, 0.5) is 11.6 Å². The summed E-state index contributed by atoms with van der Waals surface area (Å²) in [6.45, 7) is 1.61. The van der Waals surface area contributed by atoms with Crippen molar-refractivity contribution in [3.8, 4) is 11.6 Å². The van der Waals surface area contributed by atoms with E-state index in [1.807, 2.05) is 41.1 Å². The van der Waals surface area contributed by atoms with Crippen molar-refractivity contribution in [2.45, 2.75) is 19.5 Å². The zero-order chi connectivity index (χ0) is 18.8. The molecule has 138 valence electrons. The lowest BCUT2D eigenvalue weighted by Gasteiger charge is -2.17. The van der Waals surface area contributed by atoms with Gasteiger partial charge in [0.1, 0.15) is 11.6 Å². The number of rotatable bonds is 6. The van der Waals surface area contributed by atoms with Crippen LogP contribution in [0.3, 0.4) is 0 Å². The fourth-order valence-corrected chi connectivity index (χ4v) is 3.16. The summed E-state index contributed by atoms with van der Waals surface area (Å²) in [5.74, 6) is 1.85. The molecule has 8 heteroatoms. The van der Waals surface area contributed by atoms with Crippen molar-refractivity contribution in [1.82, 2.24) is 19.5 Å². The van der Waals surface area contributed by atoms with Gasteiger partial charge in [0.25, 0.3) is 0 Å². The minimum atomic E-state index is -0.0327. The van der Waals surface area contributed by atoms with E-state index in [0.29, 0.717) is 48.5 Å². The summed E-state index contributed by atoms with van der Waals surface area (Å²) in [4.78, 5) is 27.6. The van der Waals surface area contributed by atoms with Gasteiger partial charge in [0, 0.05) is 31.6 Å². The number of nitrogens with zero attached hydrogens (tertiary/aromatic N) is 5. The number of aromatic nitrogens is 4. The molecule has 3 aromatic rings. The first-order valence-corrected chi connectivity index (χ1v) is 8.68. The maximum Gasteiger partial charge on any atom is 0.233 e. The minimum absolute atomic E-state index is 0.0327. The molecule has 1 aliphatic heterocycles. The number of carbonyl (C=O) groups excluding carboxylic acids is 1. The fraction of sp³-hybridized carbons (Fsp3) is 0.263.